The van der Waals surface area contributed by atoms with Crippen molar-refractivity contribution in [2.45, 2.75) is 32.6 Å². The Bertz CT molecular complexity index is 1310. The number of hydrogen-bond acceptors (Lipinski definition) is 5. The fraction of sp³-hybridized carbons (Fsp3) is 0.207. The van der Waals surface area contributed by atoms with Crippen LogP contribution in [-0.2, 0) is 22.4 Å². The van der Waals surface area contributed by atoms with Gasteiger partial charge in [0.1, 0.15) is 11.5 Å². The predicted octanol–water partition coefficient (Wildman–Crippen LogP) is 4.85. The van der Waals surface area contributed by atoms with Crippen LogP contribution in [0.5, 0.6) is 5.75 Å². The van der Waals surface area contributed by atoms with Crippen molar-refractivity contribution in [3.05, 3.63) is 107 Å². The number of aryl methyl sites for hydroxylation is 2. The fourth-order valence-corrected chi connectivity index (χ4v) is 4.29. The van der Waals surface area contributed by atoms with Crippen LogP contribution in [0.2, 0.25) is 0 Å². The first kappa shape index (κ1) is 23.3. The summed E-state index contributed by atoms with van der Waals surface area (Å²) in [6.45, 7) is 4.22. The smallest absolute Gasteiger partial charge is 0.315 e. The zero-order valence-corrected chi connectivity index (χ0v) is 19.5. The van der Waals surface area contributed by atoms with Crippen LogP contribution < -0.4 is 10.5 Å². The molecule has 0 spiro atoms. The van der Waals surface area contributed by atoms with Gasteiger partial charge in [0.25, 0.3) is 0 Å². The summed E-state index contributed by atoms with van der Waals surface area (Å²) in [5.74, 6) is -0.246. The van der Waals surface area contributed by atoms with Crippen LogP contribution in [0, 0.1) is 13.8 Å². The Balaban J connectivity index is 1.40. The predicted molar refractivity (Wildman–Crippen MR) is 134 cm³/mol. The standard InChI is InChI=1S/C29H28N2O3/c1-19-11-20(2)13-22(12-19)16-29(33)34-26-7-5-23(6-8-26)27(17-30)28(32)15-21-3-4-25-18-31-10-9-24(25)14-21/h3-14,18,27H,15-17,30H2,1-2H3. The quantitative estimate of drug-likeness (QED) is 0.305. The van der Waals surface area contributed by atoms with Gasteiger partial charge in [0.2, 0.25) is 0 Å². The SMILES string of the molecule is Cc1cc(C)cc(CC(=O)Oc2ccc(C(CN)C(=O)Cc3ccc4cnccc4c3)cc2)c1. The van der Waals surface area contributed by atoms with Gasteiger partial charge in [-0.15, -0.1) is 0 Å². The van der Waals surface area contributed by atoms with E-state index >= 15 is 0 Å². The molecule has 1 aromatic heterocycles. The highest BCUT2D eigenvalue weighted by Gasteiger charge is 2.20. The molecule has 4 rings (SSSR count). The maximum absolute atomic E-state index is 13.0. The molecular weight excluding hydrogens is 424 g/mol. The zero-order valence-electron chi connectivity index (χ0n) is 19.5. The van der Waals surface area contributed by atoms with Crippen LogP contribution in [0.3, 0.4) is 0 Å². The number of rotatable bonds is 8. The molecule has 1 heterocycles. The van der Waals surface area contributed by atoms with Gasteiger partial charge in [-0.2, -0.15) is 0 Å². The Morgan fingerprint density at radius 1 is 0.853 bits per heavy atom. The van der Waals surface area contributed by atoms with Gasteiger partial charge in [0, 0.05) is 30.7 Å². The number of carbonyl (C=O) groups is 2. The molecule has 1 unspecified atom stereocenters. The lowest BCUT2D eigenvalue weighted by Crippen LogP contribution is -2.23. The van der Waals surface area contributed by atoms with Crippen LogP contribution in [0.4, 0.5) is 0 Å². The normalized spacial score (nSPS) is 11.9. The number of carbonyl (C=O) groups excluding carboxylic acids is 2. The molecule has 2 N–H and O–H groups in total. The number of ether oxygens (including phenoxy) is 1. The molecule has 0 fully saturated rings. The minimum Gasteiger partial charge on any atom is -0.426 e. The number of pyridine rings is 1. The van der Waals surface area contributed by atoms with Crippen molar-refractivity contribution in [1.82, 2.24) is 4.98 Å². The second kappa shape index (κ2) is 10.4. The summed E-state index contributed by atoms with van der Waals surface area (Å²) in [5.41, 5.74) is 10.9. The molecule has 4 aromatic rings. The number of aromatic nitrogens is 1. The van der Waals surface area contributed by atoms with Crippen LogP contribution >= 0.6 is 0 Å². The number of nitrogens with two attached hydrogens (primary N) is 1. The third-order valence-electron chi connectivity index (χ3n) is 5.85. The van der Waals surface area contributed by atoms with E-state index in [9.17, 15) is 9.59 Å². The van der Waals surface area contributed by atoms with Crippen LogP contribution in [0.15, 0.2) is 79.1 Å². The van der Waals surface area contributed by atoms with E-state index < -0.39 is 5.92 Å². The second-order valence-corrected chi connectivity index (χ2v) is 8.70. The molecule has 0 amide bonds. The third kappa shape index (κ3) is 5.74. The lowest BCUT2D eigenvalue weighted by molar-refractivity contribution is -0.133. The highest BCUT2D eigenvalue weighted by Crippen LogP contribution is 2.23. The highest BCUT2D eigenvalue weighted by atomic mass is 16.5. The van der Waals surface area contributed by atoms with Gasteiger partial charge in [-0.05, 0) is 54.1 Å². The zero-order chi connectivity index (χ0) is 24.1. The lowest BCUT2D eigenvalue weighted by atomic mass is 9.90. The van der Waals surface area contributed by atoms with E-state index in [2.05, 4.69) is 11.1 Å². The second-order valence-electron chi connectivity index (χ2n) is 8.70. The summed E-state index contributed by atoms with van der Waals surface area (Å²) in [5, 5.41) is 2.09. The van der Waals surface area contributed by atoms with Crippen molar-refractivity contribution in [3.63, 3.8) is 0 Å². The first-order chi connectivity index (χ1) is 16.4. The van der Waals surface area contributed by atoms with Crippen molar-refractivity contribution in [2.75, 3.05) is 6.54 Å². The van der Waals surface area contributed by atoms with E-state index in [1.807, 2.05) is 50.2 Å². The maximum Gasteiger partial charge on any atom is 0.315 e. The van der Waals surface area contributed by atoms with Gasteiger partial charge in [0.15, 0.2) is 0 Å². The van der Waals surface area contributed by atoms with Crippen LogP contribution in [0.25, 0.3) is 10.8 Å². The van der Waals surface area contributed by atoms with Gasteiger partial charge in [0.05, 0.1) is 12.3 Å². The van der Waals surface area contributed by atoms with E-state index in [1.165, 1.54) is 0 Å². The van der Waals surface area contributed by atoms with Crippen molar-refractivity contribution in [3.8, 4) is 5.75 Å². The van der Waals surface area contributed by atoms with E-state index in [0.717, 1.165) is 38.6 Å². The summed E-state index contributed by atoms with van der Waals surface area (Å²) < 4.78 is 5.50. The molecule has 0 saturated heterocycles. The summed E-state index contributed by atoms with van der Waals surface area (Å²) in [4.78, 5) is 29.5. The number of esters is 1. The van der Waals surface area contributed by atoms with Gasteiger partial charge in [-0.25, -0.2) is 0 Å². The molecule has 0 aliphatic rings. The molecular formula is C29H28N2O3. The summed E-state index contributed by atoms with van der Waals surface area (Å²) in [6, 6.07) is 21.0. The van der Waals surface area contributed by atoms with E-state index in [0.29, 0.717) is 12.2 Å². The van der Waals surface area contributed by atoms with Gasteiger partial charge in [-0.3, -0.25) is 14.6 Å². The maximum atomic E-state index is 13.0. The van der Waals surface area contributed by atoms with Gasteiger partial charge in [-0.1, -0.05) is 59.7 Å². The first-order valence-electron chi connectivity index (χ1n) is 11.3. The molecule has 0 bridgehead atoms. The molecule has 0 aliphatic carbocycles. The average molecular weight is 453 g/mol. The minimum absolute atomic E-state index is 0.0514. The number of nitrogens with zero attached hydrogens (tertiary/aromatic N) is 1. The minimum atomic E-state index is -0.423. The summed E-state index contributed by atoms with van der Waals surface area (Å²) in [7, 11) is 0. The molecule has 3 aromatic carbocycles. The largest absolute Gasteiger partial charge is 0.426 e. The molecule has 34 heavy (non-hydrogen) atoms. The molecule has 0 saturated carbocycles. The summed E-state index contributed by atoms with van der Waals surface area (Å²) >= 11 is 0. The molecule has 0 radical (unpaired) electrons. The van der Waals surface area contributed by atoms with Crippen LogP contribution in [-0.4, -0.2) is 23.3 Å². The lowest BCUT2D eigenvalue weighted by Gasteiger charge is -2.15. The topological polar surface area (TPSA) is 82.3 Å². The number of hydrogen-bond donors (Lipinski definition) is 1. The Labute approximate surface area is 199 Å². The number of fused-ring (bicyclic) bond motifs is 1. The van der Waals surface area contributed by atoms with Gasteiger partial charge >= 0.3 is 5.97 Å². The molecule has 172 valence electrons. The summed E-state index contributed by atoms with van der Waals surface area (Å²) in [6.07, 6.45) is 4.05. The van der Waals surface area contributed by atoms with E-state index in [4.69, 9.17) is 10.5 Å². The number of benzene rings is 3. The number of ketones is 1. The fourth-order valence-electron chi connectivity index (χ4n) is 4.29. The van der Waals surface area contributed by atoms with Crippen LogP contribution in [0.1, 0.15) is 33.7 Å². The molecule has 1 atom stereocenters. The molecule has 0 aliphatic heterocycles. The van der Waals surface area contributed by atoms with Gasteiger partial charge < -0.3 is 10.5 Å². The van der Waals surface area contributed by atoms with Crippen molar-refractivity contribution in [2.24, 2.45) is 5.73 Å². The van der Waals surface area contributed by atoms with E-state index in [-0.39, 0.29) is 24.7 Å². The van der Waals surface area contributed by atoms with E-state index in [1.54, 1.807) is 36.7 Å². The van der Waals surface area contributed by atoms with Crippen molar-refractivity contribution in [1.29, 1.82) is 0 Å². The molecule has 5 heteroatoms. The monoisotopic (exact) mass is 452 g/mol. The van der Waals surface area contributed by atoms with Crippen molar-refractivity contribution >= 4 is 22.5 Å². The third-order valence-corrected chi connectivity index (χ3v) is 5.85. The Morgan fingerprint density at radius 3 is 2.29 bits per heavy atom. The van der Waals surface area contributed by atoms with Crippen molar-refractivity contribution < 1.29 is 14.3 Å². The average Bonchev–Trinajstić information content (AvgIpc) is 2.80. The Hall–Kier alpha value is -3.83. The number of Topliss-reactive ketones (excluding diaryl/α,β-unsaturated/α-hetero) is 1. The molecule has 5 nitrogen and oxygen atoms in total. The first-order valence-corrected chi connectivity index (χ1v) is 11.3. The Morgan fingerprint density at radius 2 is 1.59 bits per heavy atom. The Kier molecular flexibility index (Phi) is 7.14. The highest BCUT2D eigenvalue weighted by molar-refractivity contribution is 5.89.